The van der Waals surface area contributed by atoms with Crippen molar-refractivity contribution in [2.24, 2.45) is 0 Å². The van der Waals surface area contributed by atoms with E-state index in [0.29, 0.717) is 17.2 Å². The third-order valence-electron chi connectivity index (χ3n) is 5.52. The van der Waals surface area contributed by atoms with Crippen LogP contribution in [0.15, 0.2) is 30.3 Å². The van der Waals surface area contributed by atoms with Crippen LogP contribution in [0.25, 0.3) is 0 Å². The van der Waals surface area contributed by atoms with Crippen molar-refractivity contribution < 1.29 is 19.1 Å². The van der Waals surface area contributed by atoms with E-state index in [1.165, 1.54) is 0 Å². The Balaban J connectivity index is 1.47. The Bertz CT molecular complexity index is 957. The number of aryl methyl sites for hydroxylation is 1. The molecular formula is C23H30N4O4. The van der Waals surface area contributed by atoms with E-state index in [0.717, 1.165) is 43.0 Å². The molecule has 1 aromatic carbocycles. The monoisotopic (exact) mass is 426 g/mol. The largest absolute Gasteiger partial charge is 0.452 e. The molecule has 0 saturated heterocycles. The summed E-state index contributed by atoms with van der Waals surface area (Å²) in [5.41, 5.74) is 8.39. The summed E-state index contributed by atoms with van der Waals surface area (Å²) in [4.78, 5) is 38.8. The molecule has 0 bridgehead atoms. The van der Waals surface area contributed by atoms with Gasteiger partial charge in [0.05, 0.1) is 5.56 Å². The van der Waals surface area contributed by atoms with Crippen molar-refractivity contribution in [1.82, 2.24) is 15.4 Å². The minimum absolute atomic E-state index is 0.417. The van der Waals surface area contributed by atoms with Crippen molar-refractivity contribution in [2.75, 3.05) is 24.6 Å². The van der Waals surface area contributed by atoms with E-state index in [1.54, 1.807) is 18.2 Å². The normalized spacial score (nSPS) is 12.9. The first-order valence-electron chi connectivity index (χ1n) is 10.6. The molecule has 2 N–H and O–H groups in total. The lowest BCUT2D eigenvalue weighted by molar-refractivity contribution is -0.125. The minimum Gasteiger partial charge on any atom is -0.452 e. The predicted molar refractivity (Wildman–Crippen MR) is 118 cm³/mol. The first kappa shape index (κ1) is 22.4. The van der Waals surface area contributed by atoms with Gasteiger partial charge < -0.3 is 14.2 Å². The van der Waals surface area contributed by atoms with Gasteiger partial charge in [0.1, 0.15) is 0 Å². The molecule has 1 aromatic heterocycles. The van der Waals surface area contributed by atoms with Crippen LogP contribution in [0.2, 0.25) is 0 Å². The fourth-order valence-electron chi connectivity index (χ4n) is 3.73. The molecule has 8 heteroatoms. The average Bonchev–Trinajstić information content (AvgIpc) is 3.55. The number of esters is 1. The molecule has 1 aliphatic rings. The van der Waals surface area contributed by atoms with Crippen LogP contribution in [0.1, 0.15) is 64.8 Å². The molecule has 3 rings (SSSR count). The van der Waals surface area contributed by atoms with Crippen molar-refractivity contribution in [3.8, 4) is 0 Å². The first-order valence-corrected chi connectivity index (χ1v) is 10.6. The summed E-state index contributed by atoms with van der Waals surface area (Å²) in [6, 6.07) is 9.38. The quantitative estimate of drug-likeness (QED) is 0.500. The molecule has 0 aliphatic heterocycles. The summed E-state index contributed by atoms with van der Waals surface area (Å²) in [5.74, 6) is -1.61. The van der Waals surface area contributed by atoms with Gasteiger partial charge in [0.15, 0.2) is 6.61 Å². The summed E-state index contributed by atoms with van der Waals surface area (Å²) in [5, 5.41) is 0. The van der Waals surface area contributed by atoms with Crippen LogP contribution in [-0.2, 0) is 9.53 Å². The summed E-state index contributed by atoms with van der Waals surface area (Å²) in [6.45, 7) is 9.25. The highest BCUT2D eigenvalue weighted by Crippen LogP contribution is 2.38. The van der Waals surface area contributed by atoms with E-state index >= 15 is 0 Å². The Morgan fingerprint density at radius 1 is 1.06 bits per heavy atom. The van der Waals surface area contributed by atoms with Gasteiger partial charge in [-0.15, -0.1) is 0 Å². The molecule has 1 aliphatic carbocycles. The molecule has 1 fully saturated rings. The molecular weight excluding hydrogens is 396 g/mol. The molecule has 1 saturated carbocycles. The van der Waals surface area contributed by atoms with E-state index in [1.807, 2.05) is 26.0 Å². The van der Waals surface area contributed by atoms with Crippen molar-refractivity contribution >= 4 is 23.5 Å². The molecule has 0 radical (unpaired) electrons. The zero-order valence-electron chi connectivity index (χ0n) is 18.5. The van der Waals surface area contributed by atoms with Gasteiger partial charge in [-0.1, -0.05) is 0 Å². The molecule has 2 amide bonds. The zero-order valence-corrected chi connectivity index (χ0v) is 18.5. The van der Waals surface area contributed by atoms with Crippen molar-refractivity contribution in [1.29, 1.82) is 0 Å². The van der Waals surface area contributed by atoms with Gasteiger partial charge in [0.25, 0.3) is 11.8 Å². The SMILES string of the molecule is CCN(CC)c1ccc(C(=O)NNC(=O)COC(=O)c2cc(C)n(C3CC3)c2C)cc1. The summed E-state index contributed by atoms with van der Waals surface area (Å²) in [7, 11) is 0. The van der Waals surface area contributed by atoms with E-state index in [-0.39, 0.29) is 0 Å². The molecule has 31 heavy (non-hydrogen) atoms. The van der Waals surface area contributed by atoms with E-state index in [2.05, 4.69) is 34.2 Å². The molecule has 2 aromatic rings. The molecule has 0 atom stereocenters. The highest BCUT2D eigenvalue weighted by molar-refractivity contribution is 5.96. The lowest BCUT2D eigenvalue weighted by Gasteiger charge is -2.21. The third-order valence-corrected chi connectivity index (χ3v) is 5.52. The highest BCUT2D eigenvalue weighted by Gasteiger charge is 2.28. The summed E-state index contributed by atoms with van der Waals surface area (Å²) >= 11 is 0. The lowest BCUT2D eigenvalue weighted by Crippen LogP contribution is -2.43. The van der Waals surface area contributed by atoms with Crippen LogP contribution in [0.5, 0.6) is 0 Å². The smallest absolute Gasteiger partial charge is 0.340 e. The molecule has 8 nitrogen and oxygen atoms in total. The van der Waals surface area contributed by atoms with Crippen LogP contribution in [0.4, 0.5) is 5.69 Å². The maximum absolute atomic E-state index is 12.4. The zero-order chi connectivity index (χ0) is 22.5. The lowest BCUT2D eigenvalue weighted by atomic mass is 10.2. The Hall–Kier alpha value is -3.29. The average molecular weight is 427 g/mol. The molecule has 1 heterocycles. The van der Waals surface area contributed by atoms with Crippen molar-refractivity contribution in [2.45, 2.75) is 46.6 Å². The van der Waals surface area contributed by atoms with Crippen LogP contribution >= 0.6 is 0 Å². The number of carbonyl (C=O) groups is 3. The van der Waals surface area contributed by atoms with Crippen molar-refractivity contribution in [3.63, 3.8) is 0 Å². The summed E-state index contributed by atoms with van der Waals surface area (Å²) < 4.78 is 7.26. The second-order valence-corrected chi connectivity index (χ2v) is 7.68. The van der Waals surface area contributed by atoms with Crippen LogP contribution in [-0.4, -0.2) is 42.0 Å². The predicted octanol–water partition coefficient (Wildman–Crippen LogP) is 2.90. The first-order chi connectivity index (χ1) is 14.8. The van der Waals surface area contributed by atoms with E-state index < -0.39 is 24.4 Å². The minimum atomic E-state index is -0.613. The number of nitrogens with one attached hydrogen (secondary N) is 2. The number of nitrogens with zero attached hydrogens (tertiary/aromatic N) is 2. The number of aromatic nitrogens is 1. The van der Waals surface area contributed by atoms with E-state index in [4.69, 9.17) is 4.74 Å². The van der Waals surface area contributed by atoms with Crippen LogP contribution in [0, 0.1) is 13.8 Å². The highest BCUT2D eigenvalue weighted by atomic mass is 16.5. The Morgan fingerprint density at radius 2 is 1.71 bits per heavy atom. The van der Waals surface area contributed by atoms with Gasteiger partial charge >= 0.3 is 5.97 Å². The van der Waals surface area contributed by atoms with E-state index in [9.17, 15) is 14.4 Å². The number of benzene rings is 1. The van der Waals surface area contributed by atoms with Crippen molar-refractivity contribution in [3.05, 3.63) is 52.8 Å². The standard InChI is InChI=1S/C23H30N4O4/c1-5-26(6-2)18-9-7-17(8-10-18)22(29)25-24-21(28)14-31-23(30)20-13-15(3)27(16(20)4)19-11-12-19/h7-10,13,19H,5-6,11-12,14H2,1-4H3,(H,24,28)(H,25,29). The Kier molecular flexibility index (Phi) is 6.99. The summed E-state index contributed by atoms with van der Waals surface area (Å²) in [6.07, 6.45) is 2.23. The number of hydrazine groups is 1. The van der Waals surface area contributed by atoms with Gasteiger partial charge in [-0.25, -0.2) is 4.79 Å². The number of anilines is 1. The number of hydrogen-bond acceptors (Lipinski definition) is 5. The second kappa shape index (κ2) is 9.68. The third kappa shape index (κ3) is 5.25. The fraction of sp³-hybridized carbons (Fsp3) is 0.435. The topological polar surface area (TPSA) is 92.7 Å². The van der Waals surface area contributed by atoms with Gasteiger partial charge in [-0.2, -0.15) is 0 Å². The number of rotatable bonds is 8. The number of amides is 2. The molecule has 0 spiro atoms. The number of ether oxygens (including phenoxy) is 1. The van der Waals surface area contributed by atoms with Gasteiger partial charge in [-0.05, 0) is 70.9 Å². The number of carbonyl (C=O) groups excluding carboxylic acids is 3. The number of hydrogen-bond donors (Lipinski definition) is 2. The van der Waals surface area contributed by atoms with Gasteiger partial charge in [0.2, 0.25) is 0 Å². The van der Waals surface area contributed by atoms with Gasteiger partial charge in [0, 0.05) is 41.8 Å². The fourth-order valence-corrected chi connectivity index (χ4v) is 3.73. The van der Waals surface area contributed by atoms with Crippen LogP contribution in [0.3, 0.4) is 0 Å². The molecule has 0 unspecified atom stereocenters. The maximum Gasteiger partial charge on any atom is 0.340 e. The second-order valence-electron chi connectivity index (χ2n) is 7.68. The Morgan fingerprint density at radius 3 is 2.29 bits per heavy atom. The maximum atomic E-state index is 12.4. The molecule has 166 valence electrons. The van der Waals surface area contributed by atoms with Crippen LogP contribution < -0.4 is 15.8 Å². The Labute approximate surface area is 182 Å². The van der Waals surface area contributed by atoms with Gasteiger partial charge in [-0.3, -0.25) is 20.4 Å².